The van der Waals surface area contributed by atoms with E-state index in [-0.39, 0.29) is 0 Å². The number of hydrogen-bond donors (Lipinski definition) is 0. The molecule has 0 unspecified atom stereocenters. The number of rotatable bonds is 1. The summed E-state index contributed by atoms with van der Waals surface area (Å²) in [7, 11) is 0. The van der Waals surface area contributed by atoms with Gasteiger partial charge in [-0.2, -0.15) is 0 Å². The Morgan fingerprint density at radius 1 is 0.483 bits per heavy atom. The second-order valence-electron chi connectivity index (χ2n) is 7.47. The number of fused-ring (bicyclic) bond motifs is 7. The summed E-state index contributed by atoms with van der Waals surface area (Å²) in [6.45, 7) is 2.06. The van der Waals surface area contributed by atoms with E-state index in [0.717, 1.165) is 38.8 Å². The minimum Gasteiger partial charge on any atom is -0.249 e. The van der Waals surface area contributed by atoms with Gasteiger partial charge >= 0.3 is 0 Å². The summed E-state index contributed by atoms with van der Waals surface area (Å²) in [6.07, 6.45) is 0. The molecule has 0 saturated heterocycles. The molecule has 1 aromatic heterocycles. The van der Waals surface area contributed by atoms with Crippen LogP contribution in [0, 0.1) is 6.92 Å². The molecule has 0 bridgehead atoms. The van der Waals surface area contributed by atoms with Crippen molar-refractivity contribution in [2.75, 3.05) is 0 Å². The van der Waals surface area contributed by atoms with Crippen molar-refractivity contribution >= 4 is 43.4 Å². The van der Waals surface area contributed by atoms with Crippen molar-refractivity contribution in [3.63, 3.8) is 0 Å². The average molecular weight is 370 g/mol. The molecule has 0 radical (unpaired) electrons. The van der Waals surface area contributed by atoms with Gasteiger partial charge in [-0.25, -0.2) is 9.97 Å². The van der Waals surface area contributed by atoms with Crippen molar-refractivity contribution < 1.29 is 0 Å². The Morgan fingerprint density at radius 3 is 1.69 bits per heavy atom. The van der Waals surface area contributed by atoms with Gasteiger partial charge < -0.3 is 0 Å². The zero-order valence-corrected chi connectivity index (χ0v) is 16.1. The van der Waals surface area contributed by atoms with Crippen LogP contribution in [-0.4, -0.2) is 9.97 Å². The van der Waals surface area contributed by atoms with Crippen LogP contribution < -0.4 is 0 Å². The number of aromatic nitrogens is 2. The van der Waals surface area contributed by atoms with Crippen molar-refractivity contribution in [1.82, 2.24) is 9.97 Å². The van der Waals surface area contributed by atoms with Gasteiger partial charge in [0.05, 0.1) is 22.4 Å². The van der Waals surface area contributed by atoms with Gasteiger partial charge in [-0.15, -0.1) is 0 Å². The number of hydrogen-bond acceptors (Lipinski definition) is 2. The molecule has 0 aliphatic rings. The molecule has 2 heteroatoms. The van der Waals surface area contributed by atoms with Crippen molar-refractivity contribution in [1.29, 1.82) is 0 Å². The molecule has 0 amide bonds. The normalized spacial score (nSPS) is 11.6. The SMILES string of the molecule is Cc1nc2c3ccccc3c3ccccc3c2nc1-c1cccc2ccccc12. The highest BCUT2D eigenvalue weighted by molar-refractivity contribution is 6.23. The fraction of sp³-hybridized carbons (Fsp3) is 0.0370. The molecule has 0 saturated carbocycles. The van der Waals surface area contributed by atoms with Crippen LogP contribution in [0.1, 0.15) is 5.69 Å². The van der Waals surface area contributed by atoms with E-state index in [1.165, 1.54) is 21.5 Å². The van der Waals surface area contributed by atoms with Gasteiger partial charge in [0, 0.05) is 16.3 Å². The monoisotopic (exact) mass is 370 g/mol. The predicted octanol–water partition coefficient (Wildman–Crippen LogP) is 7.06. The molecule has 5 aromatic carbocycles. The molecule has 6 aromatic rings. The lowest BCUT2D eigenvalue weighted by Crippen LogP contribution is -1.97. The standard InChI is InChI=1S/C27H18N2/c1-17-25(22-16-8-10-18-9-2-3-11-19(18)22)29-27-24-15-7-5-13-21(24)20-12-4-6-14-23(20)26(27)28-17/h2-16H,1H3. The van der Waals surface area contributed by atoms with E-state index < -0.39 is 0 Å². The van der Waals surface area contributed by atoms with Crippen molar-refractivity contribution in [3.05, 3.63) is 96.7 Å². The molecule has 0 aliphatic heterocycles. The van der Waals surface area contributed by atoms with Gasteiger partial charge in [-0.3, -0.25) is 0 Å². The minimum absolute atomic E-state index is 0.953. The highest BCUT2D eigenvalue weighted by Crippen LogP contribution is 2.36. The summed E-state index contributed by atoms with van der Waals surface area (Å²) >= 11 is 0. The van der Waals surface area contributed by atoms with Crippen LogP contribution in [0.4, 0.5) is 0 Å². The van der Waals surface area contributed by atoms with E-state index >= 15 is 0 Å². The summed E-state index contributed by atoms with van der Waals surface area (Å²) in [4.78, 5) is 10.3. The number of nitrogens with zero attached hydrogens (tertiary/aromatic N) is 2. The molecule has 136 valence electrons. The van der Waals surface area contributed by atoms with E-state index in [1.807, 2.05) is 0 Å². The summed E-state index contributed by atoms with van der Waals surface area (Å²) in [5.41, 5.74) is 4.98. The Kier molecular flexibility index (Phi) is 3.41. The predicted molar refractivity (Wildman–Crippen MR) is 122 cm³/mol. The first-order valence-electron chi connectivity index (χ1n) is 9.87. The lowest BCUT2D eigenvalue weighted by atomic mass is 9.98. The van der Waals surface area contributed by atoms with E-state index in [0.29, 0.717) is 0 Å². The first-order chi connectivity index (χ1) is 14.3. The van der Waals surface area contributed by atoms with Crippen molar-refractivity contribution in [2.24, 2.45) is 0 Å². The molecule has 0 aliphatic carbocycles. The van der Waals surface area contributed by atoms with E-state index in [4.69, 9.17) is 9.97 Å². The lowest BCUT2D eigenvalue weighted by molar-refractivity contribution is 1.20. The van der Waals surface area contributed by atoms with Gasteiger partial charge in [0.25, 0.3) is 0 Å². The zero-order valence-electron chi connectivity index (χ0n) is 16.1. The third-order valence-corrected chi connectivity index (χ3v) is 5.77. The highest BCUT2D eigenvalue weighted by Gasteiger charge is 2.15. The maximum Gasteiger partial charge on any atom is 0.0979 e. The third kappa shape index (κ3) is 2.36. The molecule has 0 fully saturated rings. The van der Waals surface area contributed by atoms with Crippen LogP contribution in [0.15, 0.2) is 91.0 Å². The van der Waals surface area contributed by atoms with Gasteiger partial charge in [-0.1, -0.05) is 91.0 Å². The molecule has 0 spiro atoms. The third-order valence-electron chi connectivity index (χ3n) is 5.77. The van der Waals surface area contributed by atoms with Gasteiger partial charge in [-0.05, 0) is 28.5 Å². The fourth-order valence-corrected chi connectivity index (χ4v) is 4.43. The van der Waals surface area contributed by atoms with Crippen molar-refractivity contribution in [2.45, 2.75) is 6.92 Å². The van der Waals surface area contributed by atoms with Gasteiger partial charge in [0.15, 0.2) is 0 Å². The Morgan fingerprint density at radius 2 is 1.00 bits per heavy atom. The van der Waals surface area contributed by atoms with Crippen LogP contribution in [0.2, 0.25) is 0 Å². The minimum atomic E-state index is 0.953. The second-order valence-corrected chi connectivity index (χ2v) is 7.47. The molecule has 0 atom stereocenters. The quantitative estimate of drug-likeness (QED) is 0.289. The molecule has 2 nitrogen and oxygen atoms in total. The fourth-order valence-electron chi connectivity index (χ4n) is 4.43. The van der Waals surface area contributed by atoms with Crippen LogP contribution >= 0.6 is 0 Å². The zero-order chi connectivity index (χ0) is 19.4. The Hall–Kier alpha value is -3.78. The first-order valence-corrected chi connectivity index (χ1v) is 9.87. The van der Waals surface area contributed by atoms with E-state index in [2.05, 4.69) is 97.9 Å². The molecule has 29 heavy (non-hydrogen) atoms. The number of benzene rings is 5. The van der Waals surface area contributed by atoms with E-state index in [1.54, 1.807) is 0 Å². The largest absolute Gasteiger partial charge is 0.249 e. The summed E-state index contributed by atoms with van der Waals surface area (Å²) in [6, 6.07) is 31.8. The topological polar surface area (TPSA) is 25.8 Å². The van der Waals surface area contributed by atoms with E-state index in [9.17, 15) is 0 Å². The van der Waals surface area contributed by atoms with Gasteiger partial charge in [0.1, 0.15) is 0 Å². The summed E-state index contributed by atoms with van der Waals surface area (Å²) in [5, 5.41) is 7.17. The van der Waals surface area contributed by atoms with Crippen LogP contribution in [0.3, 0.4) is 0 Å². The lowest BCUT2D eigenvalue weighted by Gasteiger charge is -2.13. The molecule has 1 heterocycles. The maximum absolute atomic E-state index is 5.21. The second kappa shape index (κ2) is 6.11. The average Bonchev–Trinajstić information content (AvgIpc) is 2.79. The van der Waals surface area contributed by atoms with Gasteiger partial charge in [0.2, 0.25) is 0 Å². The Balaban J connectivity index is 1.80. The molecule has 6 rings (SSSR count). The summed E-state index contributed by atoms with van der Waals surface area (Å²) < 4.78 is 0. The van der Waals surface area contributed by atoms with Crippen LogP contribution in [0.25, 0.3) is 54.6 Å². The number of aryl methyl sites for hydroxylation is 1. The van der Waals surface area contributed by atoms with Crippen LogP contribution in [-0.2, 0) is 0 Å². The molecular weight excluding hydrogens is 352 g/mol. The smallest absolute Gasteiger partial charge is 0.0979 e. The first kappa shape index (κ1) is 16.2. The Bertz CT molecular complexity index is 1560. The van der Waals surface area contributed by atoms with Crippen molar-refractivity contribution in [3.8, 4) is 11.3 Å². The Labute approximate surface area is 168 Å². The molecule has 0 N–H and O–H groups in total. The maximum atomic E-state index is 5.21. The van der Waals surface area contributed by atoms with Crippen LogP contribution in [0.5, 0.6) is 0 Å². The highest BCUT2D eigenvalue weighted by atomic mass is 14.8. The summed E-state index contributed by atoms with van der Waals surface area (Å²) in [5.74, 6) is 0. The molecular formula is C27H18N2.